The number of hydrogen-bond acceptors (Lipinski definition) is 14. The summed E-state index contributed by atoms with van der Waals surface area (Å²) in [7, 11) is 1.81. The Labute approximate surface area is 387 Å². The molecule has 0 aliphatic rings. The van der Waals surface area contributed by atoms with Crippen molar-refractivity contribution in [1.29, 1.82) is 0 Å². The van der Waals surface area contributed by atoms with Crippen LogP contribution in [0.1, 0.15) is 65.2 Å². The highest BCUT2D eigenvalue weighted by Gasteiger charge is 2.34. The third-order valence-corrected chi connectivity index (χ3v) is 15.6. The lowest BCUT2D eigenvalue weighted by Crippen LogP contribution is -2.40. The molecule has 374 valence electrons. The van der Waals surface area contributed by atoms with Gasteiger partial charge in [-0.3, -0.25) is 38.4 Å². The summed E-state index contributed by atoms with van der Waals surface area (Å²) in [5.74, 6) is -6.82. The van der Waals surface area contributed by atoms with Gasteiger partial charge in [-0.2, -0.15) is 0 Å². The van der Waals surface area contributed by atoms with Crippen LogP contribution in [0.5, 0.6) is 0 Å². The quantitative estimate of drug-likeness (QED) is 0.0173. The van der Waals surface area contributed by atoms with E-state index in [9.17, 15) is 43.5 Å². The number of carbonyl (C=O) groups excluding carboxylic acids is 8. The zero-order valence-electron chi connectivity index (χ0n) is 40.6. The summed E-state index contributed by atoms with van der Waals surface area (Å²) in [4.78, 5) is 105. The van der Waals surface area contributed by atoms with Gasteiger partial charge in [-0.15, -0.1) is 0 Å². The van der Waals surface area contributed by atoms with Crippen LogP contribution in [0.3, 0.4) is 0 Å². The maximum absolute atomic E-state index is 13.9. The van der Waals surface area contributed by atoms with Gasteiger partial charge in [0.2, 0.25) is 35.4 Å². The lowest BCUT2D eigenvalue weighted by atomic mass is 9.82. The number of aliphatic hydroxyl groups is 2. The minimum atomic E-state index is -2.39. The van der Waals surface area contributed by atoms with Crippen molar-refractivity contribution in [2.45, 2.75) is 103 Å². The van der Waals surface area contributed by atoms with Gasteiger partial charge in [0.1, 0.15) is 26.7 Å². The maximum atomic E-state index is 13.9. The van der Waals surface area contributed by atoms with E-state index in [1.54, 1.807) is 42.0 Å². The number of ether oxygens (including phenoxy) is 2. The van der Waals surface area contributed by atoms with Crippen LogP contribution in [0.15, 0.2) is 12.7 Å². The molecule has 0 saturated heterocycles. The molecule has 0 bridgehead atoms. The second-order valence-corrected chi connectivity index (χ2v) is 26.5. The van der Waals surface area contributed by atoms with E-state index >= 15 is 0 Å². The van der Waals surface area contributed by atoms with Gasteiger partial charge < -0.3 is 59.6 Å². The first-order chi connectivity index (χ1) is 30.4. The second-order valence-electron chi connectivity index (χ2n) is 17.9. The molecule has 0 aliphatic heterocycles. The molecule has 5 unspecified atom stereocenters. The van der Waals surface area contributed by atoms with Gasteiger partial charge in [0.05, 0.1) is 19.1 Å². The number of amides is 6. The van der Waals surface area contributed by atoms with Crippen LogP contribution >= 0.6 is 0 Å². The number of esters is 2. The third kappa shape index (κ3) is 27.8. The van der Waals surface area contributed by atoms with E-state index < -0.39 is 70.7 Å². The molecule has 0 aromatic heterocycles. The largest absolute Gasteiger partial charge is 0.463 e. The molecule has 6 amide bonds. The van der Waals surface area contributed by atoms with E-state index in [2.05, 4.69) is 27.8 Å². The first-order valence-electron chi connectivity index (χ1n) is 22.4. The highest BCUT2D eigenvalue weighted by Crippen LogP contribution is 2.28. The SMILES string of the molecule is C=CC(=O)NCO[Si](C)(C)CCCNC(=O)C(C)CC(CC(CC(C)C(=O)N(C)C)C(=O)OCCO)C(=O)NCCC[Si](C)(C)OCNC(=O)CC(CCC(=O)OCCO)C(=O)N(C)C. The number of hydrogen-bond donors (Lipinski definition) is 6. The average Bonchev–Trinajstić information content (AvgIpc) is 3.24. The monoisotopic (exact) mass is 961 g/mol. The van der Waals surface area contributed by atoms with Crippen molar-refractivity contribution < 1.29 is 66.9 Å². The van der Waals surface area contributed by atoms with Crippen LogP contribution in [-0.2, 0) is 56.7 Å². The van der Waals surface area contributed by atoms with Crippen molar-refractivity contribution in [3.05, 3.63) is 12.7 Å². The Morgan fingerprint density at radius 3 is 1.68 bits per heavy atom. The zero-order valence-corrected chi connectivity index (χ0v) is 42.6. The van der Waals surface area contributed by atoms with Gasteiger partial charge in [-0.25, -0.2) is 0 Å². The van der Waals surface area contributed by atoms with Crippen LogP contribution in [0, 0.1) is 29.6 Å². The summed E-state index contributed by atoms with van der Waals surface area (Å²) in [6.07, 6.45) is 2.34. The van der Waals surface area contributed by atoms with Crippen molar-refractivity contribution in [1.82, 2.24) is 31.1 Å². The lowest BCUT2D eigenvalue weighted by molar-refractivity contribution is -0.152. The molecule has 65 heavy (non-hydrogen) atoms. The normalized spacial score (nSPS) is 13.8. The molecule has 0 fully saturated rings. The van der Waals surface area contributed by atoms with E-state index in [0.29, 0.717) is 31.5 Å². The predicted molar refractivity (Wildman–Crippen MR) is 248 cm³/mol. The fraction of sp³-hybridized carbons (Fsp3) is 0.767. The Morgan fingerprint density at radius 2 is 1.15 bits per heavy atom. The Hall–Kier alpha value is -4.23. The number of nitrogens with zero attached hydrogens (tertiary/aromatic N) is 2. The van der Waals surface area contributed by atoms with E-state index in [4.69, 9.17) is 23.4 Å². The lowest BCUT2D eigenvalue weighted by Gasteiger charge is -2.27. The highest BCUT2D eigenvalue weighted by molar-refractivity contribution is 6.71. The number of rotatable bonds is 35. The van der Waals surface area contributed by atoms with Gasteiger partial charge in [-0.1, -0.05) is 20.4 Å². The van der Waals surface area contributed by atoms with Gasteiger partial charge in [0, 0.05) is 77.8 Å². The Morgan fingerprint density at radius 1 is 0.646 bits per heavy atom. The Balaban J connectivity index is 5.67. The fourth-order valence-corrected chi connectivity index (χ4v) is 10.1. The smallest absolute Gasteiger partial charge is 0.309 e. The number of carbonyl (C=O) groups is 8. The van der Waals surface area contributed by atoms with Gasteiger partial charge in [-0.05, 0) is 82.9 Å². The predicted octanol–water partition coefficient (Wildman–Crippen LogP) is 1.48. The first kappa shape index (κ1) is 60.8. The van der Waals surface area contributed by atoms with Crippen LogP contribution in [0.4, 0.5) is 0 Å². The van der Waals surface area contributed by atoms with Crippen LogP contribution in [0.25, 0.3) is 0 Å². The molecule has 0 aromatic rings. The summed E-state index contributed by atoms with van der Waals surface area (Å²) < 4.78 is 22.1. The van der Waals surface area contributed by atoms with E-state index in [1.807, 2.05) is 26.2 Å². The standard InChI is InChI=1S/C43H80N6O14Si2/c1-12-36(52)46-29-62-64(8,9)23-13-17-44-39(55)31(2)25-34(27-35(43(59)61-22-20-51)26-32(3)41(57)48(4)5)40(56)45-18-14-24-65(10,11)63-30-47-37(53)28-33(42(58)49(6)7)15-16-38(54)60-21-19-50/h12,31-35,50-51H,1,13-30H2,2-11H3,(H,44,55)(H,45,56)(H,46,52)(H,47,53). The summed E-state index contributed by atoms with van der Waals surface area (Å²) in [6.45, 7) is 14.2. The van der Waals surface area contributed by atoms with Crippen LogP contribution < -0.4 is 21.3 Å². The van der Waals surface area contributed by atoms with E-state index in [-0.39, 0.29) is 108 Å². The Bertz CT molecular complexity index is 1530. The van der Waals surface area contributed by atoms with E-state index in [0.717, 1.165) is 6.08 Å². The summed E-state index contributed by atoms with van der Waals surface area (Å²) >= 11 is 0. The molecule has 0 aliphatic carbocycles. The summed E-state index contributed by atoms with van der Waals surface area (Å²) in [5.41, 5.74) is 0. The molecule has 0 rings (SSSR count). The average molecular weight is 961 g/mol. The van der Waals surface area contributed by atoms with Crippen molar-refractivity contribution in [2.75, 3.05) is 81.2 Å². The minimum Gasteiger partial charge on any atom is -0.463 e. The molecule has 6 N–H and O–H groups in total. The van der Waals surface area contributed by atoms with Gasteiger partial charge in [0.15, 0.2) is 16.6 Å². The van der Waals surface area contributed by atoms with Crippen molar-refractivity contribution >= 4 is 64.0 Å². The molecule has 20 nitrogen and oxygen atoms in total. The Kier molecular flexibility index (Phi) is 30.3. The molecule has 0 spiro atoms. The minimum absolute atomic E-state index is 0.00384. The van der Waals surface area contributed by atoms with Crippen molar-refractivity contribution in [3.8, 4) is 0 Å². The van der Waals surface area contributed by atoms with Crippen molar-refractivity contribution in [2.24, 2.45) is 29.6 Å². The maximum Gasteiger partial charge on any atom is 0.309 e. The summed E-state index contributed by atoms with van der Waals surface area (Å²) in [6, 6.07) is 1.31. The fourth-order valence-electron chi connectivity index (χ4n) is 6.81. The van der Waals surface area contributed by atoms with Crippen LogP contribution in [0.2, 0.25) is 38.3 Å². The molecular formula is C43H80N6O14Si2. The molecule has 5 atom stereocenters. The second kappa shape index (κ2) is 32.4. The zero-order chi connectivity index (χ0) is 49.8. The number of aliphatic hydroxyl groups excluding tert-OH is 2. The molecule has 0 aromatic carbocycles. The molecule has 22 heteroatoms. The molecular weight excluding hydrogens is 881 g/mol. The number of nitrogens with one attached hydrogen (secondary N) is 4. The molecule has 0 saturated carbocycles. The van der Waals surface area contributed by atoms with Gasteiger partial charge >= 0.3 is 11.9 Å². The molecule has 0 heterocycles. The topological polar surface area (TPSA) is 269 Å². The highest BCUT2D eigenvalue weighted by atomic mass is 28.4. The van der Waals surface area contributed by atoms with Gasteiger partial charge in [0.25, 0.3) is 0 Å². The van der Waals surface area contributed by atoms with Crippen molar-refractivity contribution in [3.63, 3.8) is 0 Å². The first-order valence-corrected chi connectivity index (χ1v) is 28.6. The molecule has 0 radical (unpaired) electrons. The van der Waals surface area contributed by atoms with Crippen LogP contribution in [-0.4, -0.2) is 165 Å². The van der Waals surface area contributed by atoms with E-state index in [1.165, 1.54) is 9.80 Å². The third-order valence-electron chi connectivity index (χ3n) is 10.6. The summed E-state index contributed by atoms with van der Waals surface area (Å²) in [5, 5.41) is 29.4.